The number of rotatable bonds is 2. The van der Waals surface area contributed by atoms with Gasteiger partial charge < -0.3 is 6.53 Å². The van der Waals surface area contributed by atoms with Crippen LogP contribution >= 0.6 is 0 Å². The summed E-state index contributed by atoms with van der Waals surface area (Å²) >= 11 is 0. The molecule has 1 aromatic rings. The second kappa shape index (κ2) is 5.41. The Morgan fingerprint density at radius 1 is 0.938 bits per heavy atom. The van der Waals surface area contributed by atoms with Gasteiger partial charge in [0.2, 0.25) is 0 Å². The predicted molar refractivity (Wildman–Crippen MR) is 48.8 cm³/mol. The smallest absolute Gasteiger partial charge is 1.00 e. The molecule has 0 fully saturated rings. The van der Waals surface area contributed by atoms with Crippen molar-refractivity contribution in [3.63, 3.8) is 0 Å². The summed E-state index contributed by atoms with van der Waals surface area (Å²) in [4.78, 5) is -2.08. The fourth-order valence-electron chi connectivity index (χ4n) is 0.911. The van der Waals surface area contributed by atoms with Crippen LogP contribution < -0.4 is 51.4 Å². The summed E-state index contributed by atoms with van der Waals surface area (Å²) in [6.45, 7) is 0. The maximum absolute atomic E-state index is 10.7. The van der Waals surface area contributed by atoms with Crippen molar-refractivity contribution in [1.82, 2.24) is 0 Å². The Balaban J connectivity index is 0. The summed E-state index contributed by atoms with van der Waals surface area (Å²) < 4.78 is 60.1. The van der Waals surface area contributed by atoms with Crippen LogP contribution in [0.5, 0.6) is 5.75 Å². The van der Waals surface area contributed by atoms with Gasteiger partial charge in [-0.3, -0.25) is 9.11 Å². The molecular formula is C6H7KO7S2. The number of hydrogen-bond acceptors (Lipinski definition) is 5. The number of phenolic OH excluding ortho intramolecular Hbond substituents is 1. The molecule has 0 heterocycles. The summed E-state index contributed by atoms with van der Waals surface area (Å²) in [6.07, 6.45) is 0. The molecule has 0 spiro atoms. The van der Waals surface area contributed by atoms with E-state index in [2.05, 4.69) is 0 Å². The zero-order valence-corrected chi connectivity index (χ0v) is 12.8. The van der Waals surface area contributed by atoms with E-state index >= 15 is 0 Å². The normalized spacial score (nSPS) is 11.9. The van der Waals surface area contributed by atoms with Crippen LogP contribution in [0.1, 0.15) is 1.43 Å². The van der Waals surface area contributed by atoms with Gasteiger partial charge in [-0.1, -0.05) is 0 Å². The fourth-order valence-corrected chi connectivity index (χ4v) is 2.69. The molecule has 0 aromatic heterocycles. The average Bonchev–Trinajstić information content (AvgIpc) is 2.00. The molecule has 1 aromatic carbocycles. The Morgan fingerprint density at radius 2 is 1.38 bits per heavy atom. The van der Waals surface area contributed by atoms with Crippen molar-refractivity contribution in [3.05, 3.63) is 18.2 Å². The molecule has 86 valence electrons. The second-order valence-electron chi connectivity index (χ2n) is 2.58. The van der Waals surface area contributed by atoms with Gasteiger partial charge in [0.1, 0.15) is 15.5 Å². The van der Waals surface area contributed by atoms with E-state index in [-0.39, 0.29) is 52.8 Å². The average molecular weight is 294 g/mol. The van der Waals surface area contributed by atoms with E-state index in [0.29, 0.717) is 12.1 Å². The summed E-state index contributed by atoms with van der Waals surface area (Å²) in [7, 11) is -9.62. The maximum atomic E-state index is 10.7. The Kier molecular flexibility index (Phi) is 5.57. The minimum atomic E-state index is -4.84. The van der Waals surface area contributed by atoms with Crippen LogP contribution in [-0.2, 0) is 20.2 Å². The van der Waals surface area contributed by atoms with Crippen LogP contribution in [0.3, 0.4) is 0 Å². The quantitative estimate of drug-likeness (QED) is 0.391. The van der Waals surface area contributed by atoms with Crippen molar-refractivity contribution in [1.29, 1.82) is 0 Å². The molecule has 0 unspecified atom stereocenters. The standard InChI is InChI=1S/C6H6O7S2.K.H/c7-4-1-2-5(14(8,9)10)6(3-4)15(11,12)13;;/h1-3,7H,(H,8,9,10)(H,11,12,13);;/q;+1;-1. The van der Waals surface area contributed by atoms with Crippen molar-refractivity contribution in [2.75, 3.05) is 0 Å². The van der Waals surface area contributed by atoms with E-state index in [1.54, 1.807) is 0 Å². The number of phenols is 1. The molecule has 0 amide bonds. The van der Waals surface area contributed by atoms with Gasteiger partial charge in [0.25, 0.3) is 20.2 Å². The van der Waals surface area contributed by atoms with Crippen LogP contribution in [0.25, 0.3) is 0 Å². The number of aromatic hydroxyl groups is 1. The van der Waals surface area contributed by atoms with Crippen molar-refractivity contribution in [2.45, 2.75) is 9.79 Å². The van der Waals surface area contributed by atoms with Gasteiger partial charge in [-0.25, -0.2) is 0 Å². The molecule has 0 radical (unpaired) electrons. The van der Waals surface area contributed by atoms with Gasteiger partial charge in [0.15, 0.2) is 0 Å². The monoisotopic (exact) mass is 294 g/mol. The molecule has 0 aliphatic carbocycles. The minimum Gasteiger partial charge on any atom is -1.00 e. The number of hydrogen-bond donors (Lipinski definition) is 3. The third kappa shape index (κ3) is 4.05. The molecule has 7 nitrogen and oxygen atoms in total. The number of benzene rings is 1. The van der Waals surface area contributed by atoms with Gasteiger partial charge in [-0.2, -0.15) is 16.8 Å². The van der Waals surface area contributed by atoms with Gasteiger partial charge in [-0.15, -0.1) is 0 Å². The van der Waals surface area contributed by atoms with Crippen LogP contribution in [0.2, 0.25) is 0 Å². The zero-order valence-electron chi connectivity index (χ0n) is 9.02. The minimum absolute atomic E-state index is 0. The van der Waals surface area contributed by atoms with E-state index in [1.807, 2.05) is 0 Å². The Hall–Kier alpha value is 0.476. The maximum Gasteiger partial charge on any atom is 1.00 e. The van der Waals surface area contributed by atoms with E-state index in [1.165, 1.54) is 0 Å². The van der Waals surface area contributed by atoms with Crippen LogP contribution in [0.4, 0.5) is 0 Å². The third-order valence-electron chi connectivity index (χ3n) is 1.48. The first-order chi connectivity index (χ1) is 6.62. The van der Waals surface area contributed by atoms with Gasteiger partial charge in [0, 0.05) is 6.07 Å². The van der Waals surface area contributed by atoms with Gasteiger partial charge in [0.05, 0.1) is 0 Å². The SMILES string of the molecule is O=S(=O)(O)c1ccc(O)cc1S(=O)(=O)O.[H-].[K+]. The van der Waals surface area contributed by atoms with Gasteiger partial charge in [-0.05, 0) is 12.1 Å². The van der Waals surface area contributed by atoms with E-state index in [4.69, 9.17) is 14.2 Å². The van der Waals surface area contributed by atoms with Crippen molar-refractivity contribution < 1.29 is 83.9 Å². The van der Waals surface area contributed by atoms with Crippen molar-refractivity contribution in [3.8, 4) is 5.75 Å². The van der Waals surface area contributed by atoms with Crippen molar-refractivity contribution >= 4 is 20.2 Å². The molecule has 0 aliphatic heterocycles. The molecule has 1 rings (SSSR count). The molecule has 0 saturated heterocycles. The third-order valence-corrected chi connectivity index (χ3v) is 3.42. The van der Waals surface area contributed by atoms with E-state index < -0.39 is 35.8 Å². The summed E-state index contributed by atoms with van der Waals surface area (Å²) in [5.74, 6) is -0.560. The van der Waals surface area contributed by atoms with Crippen LogP contribution in [0, 0.1) is 0 Å². The summed E-state index contributed by atoms with van der Waals surface area (Å²) in [5.41, 5.74) is 0. The van der Waals surface area contributed by atoms with E-state index in [9.17, 15) is 16.8 Å². The van der Waals surface area contributed by atoms with Crippen LogP contribution in [-0.4, -0.2) is 31.0 Å². The molecule has 10 heteroatoms. The molecule has 16 heavy (non-hydrogen) atoms. The molecular weight excluding hydrogens is 287 g/mol. The first-order valence-corrected chi connectivity index (χ1v) is 6.28. The first kappa shape index (κ1) is 16.5. The second-order valence-corrected chi connectivity index (χ2v) is 5.36. The molecule has 0 atom stereocenters. The van der Waals surface area contributed by atoms with Crippen molar-refractivity contribution in [2.24, 2.45) is 0 Å². The molecule has 0 saturated carbocycles. The summed E-state index contributed by atoms with van der Waals surface area (Å²) in [5, 5.41) is 8.91. The zero-order chi connectivity index (χ0) is 11.9. The molecule has 0 aliphatic rings. The van der Waals surface area contributed by atoms with Crippen LogP contribution in [0.15, 0.2) is 28.0 Å². The fraction of sp³-hybridized carbons (Fsp3) is 0. The Morgan fingerprint density at radius 3 is 1.75 bits per heavy atom. The first-order valence-electron chi connectivity index (χ1n) is 3.40. The predicted octanol–water partition coefficient (Wildman–Crippen LogP) is -3.00. The largest absolute Gasteiger partial charge is 1.00 e. The molecule has 0 bridgehead atoms. The topological polar surface area (TPSA) is 129 Å². The Bertz CT molecular complexity index is 595. The van der Waals surface area contributed by atoms with E-state index in [0.717, 1.165) is 6.07 Å². The summed E-state index contributed by atoms with van der Waals surface area (Å²) in [6, 6.07) is 2.03. The van der Waals surface area contributed by atoms with Gasteiger partial charge >= 0.3 is 51.4 Å². The Labute approximate surface area is 136 Å². The molecule has 3 N–H and O–H groups in total.